The Bertz CT molecular complexity index is 248. The van der Waals surface area contributed by atoms with Crippen LogP contribution in [0, 0.1) is 0 Å². The number of rotatable bonds is 2. The average molecular weight is 150 g/mol. The first-order chi connectivity index (χ1) is 5.24. The molecule has 0 amide bonds. The lowest BCUT2D eigenvalue weighted by Crippen LogP contribution is -1.82. The summed E-state index contributed by atoms with van der Waals surface area (Å²) in [4.78, 5) is 0. The lowest BCUT2D eigenvalue weighted by atomic mass is 9.97. The molecule has 0 bridgehead atoms. The summed E-state index contributed by atoms with van der Waals surface area (Å²) in [5, 5.41) is 18.0. The third-order valence-corrected chi connectivity index (χ3v) is 1.58. The van der Waals surface area contributed by atoms with E-state index in [1.54, 1.807) is 6.07 Å². The van der Waals surface area contributed by atoms with Crippen LogP contribution in [0.4, 0.5) is 0 Å². The van der Waals surface area contributed by atoms with Gasteiger partial charge in [0.1, 0.15) is 7.85 Å². The Morgan fingerprint density at radius 2 is 1.91 bits per heavy atom. The van der Waals surface area contributed by atoms with Crippen molar-refractivity contribution in [2.45, 2.75) is 12.7 Å². The van der Waals surface area contributed by atoms with E-state index in [1.807, 2.05) is 6.07 Å². The molecule has 0 radical (unpaired) electrons. The number of aryl methyl sites for hydroxylation is 1. The van der Waals surface area contributed by atoms with E-state index in [1.165, 1.54) is 6.07 Å². The SMILES string of the molecule is BCCc1ccc(O)c(O)c1. The van der Waals surface area contributed by atoms with E-state index >= 15 is 0 Å². The first-order valence-corrected chi connectivity index (χ1v) is 3.75. The van der Waals surface area contributed by atoms with E-state index in [4.69, 9.17) is 10.2 Å². The molecule has 0 aliphatic heterocycles. The zero-order chi connectivity index (χ0) is 8.27. The van der Waals surface area contributed by atoms with Crippen LogP contribution in [0.3, 0.4) is 0 Å². The summed E-state index contributed by atoms with van der Waals surface area (Å²) >= 11 is 0. The van der Waals surface area contributed by atoms with Gasteiger partial charge in [0.25, 0.3) is 0 Å². The second kappa shape index (κ2) is 3.33. The van der Waals surface area contributed by atoms with Gasteiger partial charge in [-0.25, -0.2) is 0 Å². The van der Waals surface area contributed by atoms with Crippen LogP contribution in [-0.2, 0) is 6.42 Å². The molecule has 3 heteroatoms. The van der Waals surface area contributed by atoms with Crippen molar-refractivity contribution in [2.75, 3.05) is 0 Å². The maximum Gasteiger partial charge on any atom is 0.157 e. The fraction of sp³-hybridized carbons (Fsp3) is 0.250. The molecule has 0 saturated carbocycles. The predicted octanol–water partition coefficient (Wildman–Crippen LogP) is 0.692. The van der Waals surface area contributed by atoms with Crippen LogP contribution >= 0.6 is 0 Å². The molecule has 0 unspecified atom stereocenters. The van der Waals surface area contributed by atoms with Gasteiger partial charge in [-0.05, 0) is 24.1 Å². The second-order valence-corrected chi connectivity index (χ2v) is 2.57. The van der Waals surface area contributed by atoms with Gasteiger partial charge < -0.3 is 10.2 Å². The van der Waals surface area contributed by atoms with Gasteiger partial charge in [-0.15, -0.1) is 0 Å². The van der Waals surface area contributed by atoms with Crippen molar-refractivity contribution >= 4 is 7.85 Å². The number of aromatic hydroxyl groups is 2. The van der Waals surface area contributed by atoms with Crippen LogP contribution in [0.25, 0.3) is 0 Å². The molecule has 0 fully saturated rings. The molecule has 0 heterocycles. The number of phenolic OH excluding ortho intramolecular Hbond substituents is 2. The summed E-state index contributed by atoms with van der Waals surface area (Å²) in [6.45, 7) is 0. The third-order valence-electron chi connectivity index (χ3n) is 1.58. The van der Waals surface area contributed by atoms with Gasteiger partial charge in [0.2, 0.25) is 0 Å². The van der Waals surface area contributed by atoms with Crippen molar-refractivity contribution in [1.29, 1.82) is 0 Å². The number of phenols is 2. The van der Waals surface area contributed by atoms with Crippen LogP contribution in [-0.4, -0.2) is 18.1 Å². The van der Waals surface area contributed by atoms with Crippen LogP contribution in [0.5, 0.6) is 11.5 Å². The summed E-state index contributed by atoms with van der Waals surface area (Å²) in [6, 6.07) is 4.93. The lowest BCUT2D eigenvalue weighted by molar-refractivity contribution is 0.403. The summed E-state index contributed by atoms with van der Waals surface area (Å²) in [5.74, 6) is -0.0826. The maximum atomic E-state index is 9.08. The molecule has 0 aromatic heterocycles. The minimum absolute atomic E-state index is 0.0315. The molecule has 2 N–H and O–H groups in total. The third kappa shape index (κ3) is 1.90. The average Bonchev–Trinajstić information content (AvgIpc) is 1.98. The summed E-state index contributed by atoms with van der Waals surface area (Å²) in [5.41, 5.74) is 1.06. The van der Waals surface area contributed by atoms with E-state index < -0.39 is 0 Å². The Hall–Kier alpha value is -1.12. The topological polar surface area (TPSA) is 40.5 Å². The fourth-order valence-electron chi connectivity index (χ4n) is 1.01. The van der Waals surface area contributed by atoms with Gasteiger partial charge in [0.15, 0.2) is 11.5 Å². The first-order valence-electron chi connectivity index (χ1n) is 3.75. The smallest absolute Gasteiger partial charge is 0.157 e. The molecule has 2 nitrogen and oxygen atoms in total. The Balaban J connectivity index is 2.86. The Kier molecular flexibility index (Phi) is 2.42. The van der Waals surface area contributed by atoms with Gasteiger partial charge in [-0.3, -0.25) is 0 Å². The molecule has 0 spiro atoms. The van der Waals surface area contributed by atoms with Crippen LogP contribution < -0.4 is 0 Å². The molecule has 0 aliphatic carbocycles. The Labute approximate surface area is 66.9 Å². The van der Waals surface area contributed by atoms with Gasteiger partial charge in [0, 0.05) is 0 Å². The van der Waals surface area contributed by atoms with Gasteiger partial charge in [-0.2, -0.15) is 0 Å². The van der Waals surface area contributed by atoms with Gasteiger partial charge in [0.05, 0.1) is 0 Å². The van der Waals surface area contributed by atoms with Crippen molar-refractivity contribution < 1.29 is 10.2 Å². The predicted molar refractivity (Wildman–Crippen MR) is 46.8 cm³/mol. The van der Waals surface area contributed by atoms with Crippen molar-refractivity contribution in [1.82, 2.24) is 0 Å². The van der Waals surface area contributed by atoms with E-state index in [0.717, 1.165) is 18.3 Å². The quantitative estimate of drug-likeness (QED) is 0.481. The Morgan fingerprint density at radius 3 is 2.45 bits per heavy atom. The van der Waals surface area contributed by atoms with Crippen LogP contribution in [0.15, 0.2) is 18.2 Å². The molecule has 11 heavy (non-hydrogen) atoms. The standard InChI is InChI=1S/C8H11BO2/c9-4-3-6-1-2-7(10)8(11)5-6/h1-2,5,10-11H,3-4,9H2. The molecule has 0 aliphatic rings. The van der Waals surface area contributed by atoms with Crippen LogP contribution in [0.2, 0.25) is 6.32 Å². The maximum absolute atomic E-state index is 9.08. The zero-order valence-corrected chi connectivity index (χ0v) is 6.54. The second-order valence-electron chi connectivity index (χ2n) is 2.57. The highest BCUT2D eigenvalue weighted by atomic mass is 16.3. The van der Waals surface area contributed by atoms with Crippen molar-refractivity contribution in [3.63, 3.8) is 0 Å². The molecule has 1 rings (SSSR count). The minimum Gasteiger partial charge on any atom is -0.504 e. The first kappa shape index (κ1) is 7.99. The summed E-state index contributed by atoms with van der Waals surface area (Å²) in [7, 11) is 2.07. The van der Waals surface area contributed by atoms with Crippen molar-refractivity contribution in [2.24, 2.45) is 0 Å². The van der Waals surface area contributed by atoms with E-state index in [-0.39, 0.29) is 11.5 Å². The highest BCUT2D eigenvalue weighted by Crippen LogP contribution is 2.25. The molecular weight excluding hydrogens is 139 g/mol. The summed E-state index contributed by atoms with van der Waals surface area (Å²) in [6.07, 6.45) is 1.98. The molecule has 1 aromatic rings. The molecule has 0 saturated heterocycles. The van der Waals surface area contributed by atoms with Crippen molar-refractivity contribution in [3.8, 4) is 11.5 Å². The molecule has 1 aromatic carbocycles. The van der Waals surface area contributed by atoms with E-state index in [9.17, 15) is 0 Å². The van der Waals surface area contributed by atoms with Crippen molar-refractivity contribution in [3.05, 3.63) is 23.8 Å². The largest absolute Gasteiger partial charge is 0.504 e. The number of benzene rings is 1. The Morgan fingerprint density at radius 1 is 1.18 bits per heavy atom. The van der Waals surface area contributed by atoms with E-state index in [0.29, 0.717) is 0 Å². The molecular formula is C8H11BO2. The van der Waals surface area contributed by atoms with Gasteiger partial charge >= 0.3 is 0 Å². The lowest BCUT2D eigenvalue weighted by Gasteiger charge is -2.00. The zero-order valence-electron chi connectivity index (χ0n) is 6.54. The number of hydrogen-bond acceptors (Lipinski definition) is 2. The summed E-state index contributed by atoms with van der Waals surface area (Å²) < 4.78 is 0. The minimum atomic E-state index is -0.0511. The number of hydrogen-bond donors (Lipinski definition) is 2. The highest BCUT2D eigenvalue weighted by Gasteiger charge is 1.98. The highest BCUT2D eigenvalue weighted by molar-refractivity contribution is 6.08. The normalized spacial score (nSPS) is 9.82. The monoisotopic (exact) mass is 150 g/mol. The fourth-order valence-corrected chi connectivity index (χ4v) is 1.01. The van der Waals surface area contributed by atoms with E-state index in [2.05, 4.69) is 7.85 Å². The van der Waals surface area contributed by atoms with Crippen LogP contribution in [0.1, 0.15) is 5.56 Å². The molecule has 58 valence electrons. The molecule has 0 atom stereocenters. The van der Waals surface area contributed by atoms with Gasteiger partial charge in [-0.1, -0.05) is 12.4 Å².